The van der Waals surface area contributed by atoms with Crippen molar-refractivity contribution >= 4 is 27.9 Å². The minimum absolute atomic E-state index is 0.0705. The Morgan fingerprint density at radius 3 is 2.32 bits per heavy atom. The van der Waals surface area contributed by atoms with Crippen LogP contribution >= 0.6 is 0 Å². The summed E-state index contributed by atoms with van der Waals surface area (Å²) in [5.41, 5.74) is -0.0705. The molecule has 0 radical (unpaired) electrons. The number of nitrogens with one attached hydrogen (secondary N) is 3. The Kier molecular flexibility index (Phi) is 8.40. The van der Waals surface area contributed by atoms with E-state index in [1.807, 2.05) is 0 Å². The maximum atomic E-state index is 12.8. The van der Waals surface area contributed by atoms with E-state index in [0.29, 0.717) is 0 Å². The van der Waals surface area contributed by atoms with Crippen molar-refractivity contribution in [2.75, 3.05) is 7.11 Å². The maximum Gasteiger partial charge on any atom is 0.338 e. The number of carbonyl (C=O) groups excluding carboxylic acids is 3. The molecule has 0 saturated heterocycles. The third-order valence-electron chi connectivity index (χ3n) is 4.68. The van der Waals surface area contributed by atoms with E-state index in [4.69, 9.17) is 9.47 Å². The molecule has 3 N–H and O–H groups in total. The highest BCUT2D eigenvalue weighted by molar-refractivity contribution is 7.89. The van der Waals surface area contributed by atoms with Gasteiger partial charge >= 0.3 is 12.0 Å². The van der Waals surface area contributed by atoms with Gasteiger partial charge < -0.3 is 14.8 Å². The summed E-state index contributed by atoms with van der Waals surface area (Å²) in [5.74, 6) is -1.64. The Bertz CT molecular complexity index is 925. The van der Waals surface area contributed by atoms with Crippen molar-refractivity contribution in [1.29, 1.82) is 0 Å². The zero-order valence-corrected chi connectivity index (χ0v) is 18.9. The molecule has 10 nitrogen and oxygen atoms in total. The minimum atomic E-state index is -3.93. The highest BCUT2D eigenvalue weighted by Crippen LogP contribution is 2.27. The lowest BCUT2D eigenvalue weighted by Gasteiger charge is -2.17. The topological polar surface area (TPSA) is 140 Å². The van der Waals surface area contributed by atoms with Gasteiger partial charge in [-0.05, 0) is 51.8 Å². The van der Waals surface area contributed by atoms with Crippen LogP contribution in [0.5, 0.6) is 5.75 Å². The predicted molar refractivity (Wildman–Crippen MR) is 112 cm³/mol. The SMILES string of the molecule is COc1ccc(C(=O)OC(C)C(=O)NC(=O)NC(C)C)cc1S(=O)(=O)NC1CCCC1. The summed E-state index contributed by atoms with van der Waals surface area (Å²) in [7, 11) is -2.60. The molecule has 2 rings (SSSR count). The van der Waals surface area contributed by atoms with E-state index in [1.54, 1.807) is 13.8 Å². The van der Waals surface area contributed by atoms with E-state index in [2.05, 4.69) is 15.4 Å². The number of urea groups is 1. The van der Waals surface area contributed by atoms with Gasteiger partial charge in [0.25, 0.3) is 5.91 Å². The second-order valence-electron chi connectivity index (χ2n) is 7.63. The second-order valence-corrected chi connectivity index (χ2v) is 9.32. The van der Waals surface area contributed by atoms with Gasteiger partial charge in [0.05, 0.1) is 12.7 Å². The van der Waals surface area contributed by atoms with Gasteiger partial charge in [0, 0.05) is 12.1 Å². The zero-order valence-electron chi connectivity index (χ0n) is 18.1. The fraction of sp³-hybridized carbons (Fsp3) is 0.550. The van der Waals surface area contributed by atoms with E-state index >= 15 is 0 Å². The number of hydrogen-bond acceptors (Lipinski definition) is 7. The molecule has 0 aromatic heterocycles. The van der Waals surface area contributed by atoms with Gasteiger partial charge in [-0.25, -0.2) is 22.7 Å². The number of imide groups is 1. The van der Waals surface area contributed by atoms with E-state index in [0.717, 1.165) is 31.7 Å². The van der Waals surface area contributed by atoms with E-state index in [1.165, 1.54) is 26.2 Å². The summed E-state index contributed by atoms with van der Waals surface area (Å²) in [6.07, 6.45) is 2.13. The highest BCUT2D eigenvalue weighted by Gasteiger charge is 2.28. The number of methoxy groups -OCH3 is 1. The number of rotatable bonds is 8. The second kappa shape index (κ2) is 10.6. The zero-order chi connectivity index (χ0) is 23.2. The molecule has 0 spiro atoms. The number of carbonyl (C=O) groups is 3. The van der Waals surface area contributed by atoms with E-state index < -0.39 is 34.0 Å². The molecule has 11 heteroatoms. The molecular weight excluding hydrogens is 426 g/mol. The molecule has 1 unspecified atom stereocenters. The number of sulfonamides is 1. The smallest absolute Gasteiger partial charge is 0.338 e. The molecule has 1 aromatic rings. The third-order valence-corrected chi connectivity index (χ3v) is 6.22. The number of hydrogen-bond donors (Lipinski definition) is 3. The average molecular weight is 456 g/mol. The molecule has 0 bridgehead atoms. The first-order chi connectivity index (χ1) is 14.5. The Hall–Kier alpha value is -2.66. The lowest BCUT2D eigenvalue weighted by atomic mass is 10.2. The number of benzene rings is 1. The van der Waals surface area contributed by atoms with Crippen LogP contribution in [0.1, 0.15) is 56.8 Å². The monoisotopic (exact) mass is 455 g/mol. The highest BCUT2D eigenvalue weighted by atomic mass is 32.2. The molecule has 3 amide bonds. The van der Waals surface area contributed by atoms with Gasteiger partial charge in [0.15, 0.2) is 6.10 Å². The Balaban J connectivity index is 2.13. The third kappa shape index (κ3) is 6.93. The first-order valence-corrected chi connectivity index (χ1v) is 11.5. The van der Waals surface area contributed by atoms with Crippen LogP contribution in [-0.4, -0.2) is 51.6 Å². The Morgan fingerprint density at radius 2 is 1.74 bits per heavy atom. The molecule has 1 saturated carbocycles. The van der Waals surface area contributed by atoms with Crippen LogP contribution < -0.4 is 20.1 Å². The van der Waals surface area contributed by atoms with Gasteiger partial charge in [0.1, 0.15) is 10.6 Å². The molecule has 1 aliphatic carbocycles. The van der Waals surface area contributed by atoms with Crippen molar-refractivity contribution in [3.63, 3.8) is 0 Å². The molecule has 0 aliphatic heterocycles. The summed E-state index contributed by atoms with van der Waals surface area (Å²) < 4.78 is 38.5. The predicted octanol–water partition coefficient (Wildman–Crippen LogP) is 1.70. The van der Waals surface area contributed by atoms with Crippen LogP contribution in [0.25, 0.3) is 0 Å². The summed E-state index contributed by atoms with van der Waals surface area (Å²) in [6, 6.07) is 2.79. The Labute approximate surface area is 182 Å². The van der Waals surface area contributed by atoms with Crippen molar-refractivity contribution in [3.8, 4) is 5.75 Å². The lowest BCUT2D eigenvalue weighted by molar-refractivity contribution is -0.127. The number of esters is 1. The van der Waals surface area contributed by atoms with Crippen LogP contribution in [-0.2, 0) is 19.6 Å². The van der Waals surface area contributed by atoms with Crippen LogP contribution in [0.4, 0.5) is 4.79 Å². The average Bonchev–Trinajstić information content (AvgIpc) is 3.18. The molecule has 172 valence electrons. The molecule has 0 heterocycles. The molecule has 1 fully saturated rings. The summed E-state index contributed by atoms with van der Waals surface area (Å²) in [6.45, 7) is 4.76. The van der Waals surface area contributed by atoms with Crippen molar-refractivity contribution in [2.24, 2.45) is 0 Å². The fourth-order valence-electron chi connectivity index (χ4n) is 3.13. The minimum Gasteiger partial charge on any atom is -0.495 e. The molecule has 31 heavy (non-hydrogen) atoms. The van der Waals surface area contributed by atoms with Crippen LogP contribution in [0.15, 0.2) is 23.1 Å². The van der Waals surface area contributed by atoms with E-state index in [9.17, 15) is 22.8 Å². The van der Waals surface area contributed by atoms with Crippen molar-refractivity contribution in [1.82, 2.24) is 15.4 Å². The Morgan fingerprint density at radius 1 is 1.10 bits per heavy atom. The summed E-state index contributed by atoms with van der Waals surface area (Å²) >= 11 is 0. The molecule has 1 aliphatic rings. The van der Waals surface area contributed by atoms with E-state index in [-0.39, 0.29) is 28.3 Å². The first-order valence-electron chi connectivity index (χ1n) is 10.1. The maximum absolute atomic E-state index is 12.8. The largest absolute Gasteiger partial charge is 0.495 e. The summed E-state index contributed by atoms with van der Waals surface area (Å²) in [4.78, 5) is 36.0. The fourth-order valence-corrected chi connectivity index (χ4v) is 4.63. The van der Waals surface area contributed by atoms with Gasteiger partial charge in [-0.1, -0.05) is 12.8 Å². The van der Waals surface area contributed by atoms with Gasteiger partial charge in [0.2, 0.25) is 10.0 Å². The normalized spacial score (nSPS) is 15.4. The lowest BCUT2D eigenvalue weighted by Crippen LogP contribution is -2.46. The van der Waals surface area contributed by atoms with Gasteiger partial charge in [-0.2, -0.15) is 0 Å². The standard InChI is InChI=1S/C20H29N3O7S/c1-12(2)21-20(26)22-18(24)13(3)30-19(25)14-9-10-16(29-4)17(11-14)31(27,28)23-15-7-5-6-8-15/h9-13,15,23H,5-8H2,1-4H3,(H2,21,22,24,26). The van der Waals surface area contributed by atoms with Crippen LogP contribution in [0, 0.1) is 0 Å². The number of amides is 3. The van der Waals surface area contributed by atoms with Gasteiger partial charge in [-0.3, -0.25) is 10.1 Å². The molecule has 1 atom stereocenters. The molecule has 1 aromatic carbocycles. The summed E-state index contributed by atoms with van der Waals surface area (Å²) in [5, 5.41) is 4.55. The van der Waals surface area contributed by atoms with Crippen LogP contribution in [0.2, 0.25) is 0 Å². The van der Waals surface area contributed by atoms with Crippen LogP contribution in [0.3, 0.4) is 0 Å². The van der Waals surface area contributed by atoms with Crippen molar-refractivity contribution < 1.29 is 32.3 Å². The van der Waals surface area contributed by atoms with Crippen molar-refractivity contribution in [2.45, 2.75) is 69.5 Å². The number of ether oxygens (including phenoxy) is 2. The molecular formula is C20H29N3O7S. The van der Waals surface area contributed by atoms with Gasteiger partial charge in [-0.15, -0.1) is 0 Å². The first kappa shape index (κ1) is 24.6. The quantitative estimate of drug-likeness (QED) is 0.507. The van der Waals surface area contributed by atoms with Crippen molar-refractivity contribution in [3.05, 3.63) is 23.8 Å².